The number of carbonyl (C=O) groups excluding carboxylic acids is 2. The zero-order valence-corrected chi connectivity index (χ0v) is 16.5. The number of sulfonamides is 1. The van der Waals surface area contributed by atoms with E-state index < -0.39 is 28.6 Å². The highest BCUT2D eigenvalue weighted by atomic mass is 35.5. The quantitative estimate of drug-likeness (QED) is 0.709. The van der Waals surface area contributed by atoms with Gasteiger partial charge in [-0.2, -0.15) is 4.72 Å². The Morgan fingerprint density at radius 2 is 1.85 bits per heavy atom. The predicted octanol–water partition coefficient (Wildman–Crippen LogP) is 2.22. The molecule has 2 rings (SSSR count). The molecule has 0 radical (unpaired) electrons. The first-order chi connectivity index (χ1) is 12.2. The summed E-state index contributed by atoms with van der Waals surface area (Å²) in [6.07, 6.45) is 2.94. The molecule has 1 fully saturated rings. The van der Waals surface area contributed by atoms with Crippen LogP contribution in [0.15, 0.2) is 23.1 Å². The average Bonchev–Trinajstić information content (AvgIpc) is 2.61. The molecule has 1 amide bonds. The molecule has 0 aliphatic carbocycles. The molecule has 1 aromatic carbocycles. The predicted molar refractivity (Wildman–Crippen MR) is 97.6 cm³/mol. The molecule has 0 bridgehead atoms. The van der Waals surface area contributed by atoms with Crippen molar-refractivity contribution in [3.8, 4) is 0 Å². The summed E-state index contributed by atoms with van der Waals surface area (Å²) in [5, 5.41) is 0.297. The van der Waals surface area contributed by atoms with Crippen molar-refractivity contribution >= 4 is 45.1 Å². The fourth-order valence-electron chi connectivity index (χ4n) is 2.49. The topological polar surface area (TPSA) is 92.8 Å². The number of hydrogen-bond acceptors (Lipinski definition) is 5. The maximum absolute atomic E-state index is 12.3. The van der Waals surface area contributed by atoms with E-state index in [4.69, 9.17) is 27.9 Å². The van der Waals surface area contributed by atoms with Crippen LogP contribution < -0.4 is 4.72 Å². The van der Waals surface area contributed by atoms with E-state index in [1.54, 1.807) is 4.90 Å². The Labute approximate surface area is 162 Å². The van der Waals surface area contributed by atoms with E-state index in [-0.39, 0.29) is 20.8 Å². The zero-order chi connectivity index (χ0) is 19.3. The summed E-state index contributed by atoms with van der Waals surface area (Å²) in [6.45, 7) is 2.23. The van der Waals surface area contributed by atoms with Gasteiger partial charge in [0, 0.05) is 13.1 Å². The number of benzene rings is 1. The lowest BCUT2D eigenvalue weighted by atomic mass is 10.1. The standard InChI is InChI=1S/C16H20Cl2N2O5S/c1-11(16(22)25-10-15(21)20-7-3-2-4-8-20)19-26(23,24)12-5-6-13(17)14(18)9-12/h5-6,9,11,19H,2-4,7-8,10H2,1H3/t11-/m0/s1. The van der Waals surface area contributed by atoms with Crippen LogP contribution in [0, 0.1) is 0 Å². The number of halogens is 2. The summed E-state index contributed by atoms with van der Waals surface area (Å²) in [7, 11) is -3.99. The summed E-state index contributed by atoms with van der Waals surface area (Å²) in [5.74, 6) is -1.11. The minimum atomic E-state index is -3.99. The van der Waals surface area contributed by atoms with Crippen molar-refractivity contribution in [3.63, 3.8) is 0 Å². The van der Waals surface area contributed by atoms with Crippen molar-refractivity contribution in [2.75, 3.05) is 19.7 Å². The van der Waals surface area contributed by atoms with Crippen LogP contribution in [0.4, 0.5) is 0 Å². The first-order valence-electron chi connectivity index (χ1n) is 8.12. The highest BCUT2D eigenvalue weighted by Crippen LogP contribution is 2.24. The molecular formula is C16H20Cl2N2O5S. The molecule has 1 N–H and O–H groups in total. The van der Waals surface area contributed by atoms with Gasteiger partial charge in [0.1, 0.15) is 6.04 Å². The lowest BCUT2D eigenvalue weighted by Crippen LogP contribution is -2.42. The Morgan fingerprint density at radius 3 is 2.46 bits per heavy atom. The Morgan fingerprint density at radius 1 is 1.19 bits per heavy atom. The van der Waals surface area contributed by atoms with Gasteiger partial charge in [-0.1, -0.05) is 23.2 Å². The molecule has 1 atom stereocenters. The van der Waals surface area contributed by atoms with Crippen molar-refractivity contribution in [1.82, 2.24) is 9.62 Å². The van der Waals surface area contributed by atoms with Crippen LogP contribution >= 0.6 is 23.2 Å². The van der Waals surface area contributed by atoms with Crippen LogP contribution in [0.2, 0.25) is 10.0 Å². The van der Waals surface area contributed by atoms with Crippen LogP contribution in [-0.2, 0) is 24.3 Å². The SMILES string of the molecule is C[C@H](NS(=O)(=O)c1ccc(Cl)c(Cl)c1)C(=O)OCC(=O)N1CCCCC1. The molecule has 10 heteroatoms. The van der Waals surface area contributed by atoms with Gasteiger partial charge in [-0.15, -0.1) is 0 Å². The molecule has 26 heavy (non-hydrogen) atoms. The van der Waals surface area contributed by atoms with Crippen LogP contribution in [-0.4, -0.2) is 50.9 Å². The van der Waals surface area contributed by atoms with Gasteiger partial charge >= 0.3 is 5.97 Å². The third-order valence-electron chi connectivity index (χ3n) is 3.93. The summed E-state index contributed by atoms with van der Waals surface area (Å²) in [5.41, 5.74) is 0. The maximum Gasteiger partial charge on any atom is 0.324 e. The van der Waals surface area contributed by atoms with Gasteiger partial charge in [0.25, 0.3) is 5.91 Å². The number of likely N-dealkylation sites (tertiary alicyclic amines) is 1. The molecule has 7 nitrogen and oxygen atoms in total. The highest BCUT2D eigenvalue weighted by molar-refractivity contribution is 7.89. The van der Waals surface area contributed by atoms with Crippen LogP contribution in [0.3, 0.4) is 0 Å². The first-order valence-corrected chi connectivity index (χ1v) is 10.4. The molecule has 1 aromatic rings. The van der Waals surface area contributed by atoms with Crippen molar-refractivity contribution in [2.45, 2.75) is 37.1 Å². The van der Waals surface area contributed by atoms with Gasteiger partial charge in [-0.3, -0.25) is 9.59 Å². The molecular weight excluding hydrogens is 403 g/mol. The normalized spacial score (nSPS) is 16.2. The number of ether oxygens (including phenoxy) is 1. The van der Waals surface area contributed by atoms with Gasteiger partial charge in [-0.25, -0.2) is 8.42 Å². The maximum atomic E-state index is 12.3. The molecule has 1 aliphatic rings. The number of esters is 1. The number of hydrogen-bond donors (Lipinski definition) is 1. The number of rotatable bonds is 6. The molecule has 0 saturated carbocycles. The van der Waals surface area contributed by atoms with Crippen molar-refractivity contribution in [2.24, 2.45) is 0 Å². The number of amides is 1. The Balaban J connectivity index is 1.90. The second-order valence-corrected chi connectivity index (χ2v) is 8.50. The van der Waals surface area contributed by atoms with E-state index in [0.29, 0.717) is 13.1 Å². The highest BCUT2D eigenvalue weighted by Gasteiger charge is 2.25. The zero-order valence-electron chi connectivity index (χ0n) is 14.2. The smallest absolute Gasteiger partial charge is 0.324 e. The number of piperidine rings is 1. The van der Waals surface area contributed by atoms with Gasteiger partial charge in [0.05, 0.1) is 14.9 Å². The number of nitrogens with one attached hydrogen (secondary N) is 1. The lowest BCUT2D eigenvalue weighted by molar-refractivity contribution is -0.153. The van der Waals surface area contributed by atoms with Crippen LogP contribution in [0.25, 0.3) is 0 Å². The fraction of sp³-hybridized carbons (Fsp3) is 0.500. The minimum Gasteiger partial charge on any atom is -0.454 e. The van der Waals surface area contributed by atoms with E-state index in [1.807, 2.05) is 0 Å². The van der Waals surface area contributed by atoms with Gasteiger partial charge in [0.15, 0.2) is 6.61 Å². The van der Waals surface area contributed by atoms with Crippen molar-refractivity contribution in [3.05, 3.63) is 28.2 Å². The summed E-state index contributed by atoms with van der Waals surface area (Å²) in [4.78, 5) is 25.5. The third kappa shape index (κ3) is 5.57. The average molecular weight is 423 g/mol. The molecule has 0 spiro atoms. The number of nitrogens with zero attached hydrogens (tertiary/aromatic N) is 1. The molecule has 1 aliphatic heterocycles. The van der Waals surface area contributed by atoms with Crippen LogP contribution in [0.5, 0.6) is 0 Å². The second kappa shape index (κ2) is 9.03. The van der Waals surface area contributed by atoms with E-state index in [9.17, 15) is 18.0 Å². The molecule has 0 aromatic heterocycles. The first kappa shape index (κ1) is 21.0. The Bertz CT molecular complexity index is 779. The largest absolute Gasteiger partial charge is 0.454 e. The molecule has 1 heterocycles. The summed E-state index contributed by atoms with van der Waals surface area (Å²) >= 11 is 11.6. The Hall–Kier alpha value is -1.35. The van der Waals surface area contributed by atoms with E-state index >= 15 is 0 Å². The monoisotopic (exact) mass is 422 g/mol. The fourth-order valence-corrected chi connectivity index (χ4v) is 4.07. The van der Waals surface area contributed by atoms with Gasteiger partial charge < -0.3 is 9.64 Å². The number of carbonyl (C=O) groups is 2. The van der Waals surface area contributed by atoms with Crippen LogP contribution in [0.1, 0.15) is 26.2 Å². The van der Waals surface area contributed by atoms with Crippen molar-refractivity contribution < 1.29 is 22.7 Å². The van der Waals surface area contributed by atoms with E-state index in [1.165, 1.54) is 25.1 Å². The van der Waals surface area contributed by atoms with E-state index in [0.717, 1.165) is 19.3 Å². The molecule has 0 unspecified atom stereocenters. The summed E-state index contributed by atoms with van der Waals surface area (Å²) < 4.78 is 31.7. The third-order valence-corrected chi connectivity index (χ3v) is 6.21. The summed E-state index contributed by atoms with van der Waals surface area (Å²) in [6, 6.07) is 2.64. The van der Waals surface area contributed by atoms with E-state index in [2.05, 4.69) is 4.72 Å². The van der Waals surface area contributed by atoms with Gasteiger partial charge in [-0.05, 0) is 44.4 Å². The molecule has 144 valence electrons. The lowest BCUT2D eigenvalue weighted by Gasteiger charge is -2.26. The Kier molecular flexibility index (Phi) is 7.28. The second-order valence-electron chi connectivity index (χ2n) is 5.97. The van der Waals surface area contributed by atoms with Gasteiger partial charge in [0.2, 0.25) is 10.0 Å². The molecule has 1 saturated heterocycles. The van der Waals surface area contributed by atoms with Crippen molar-refractivity contribution in [1.29, 1.82) is 0 Å². The minimum absolute atomic E-state index is 0.0805.